The second-order valence-corrected chi connectivity index (χ2v) is 9.42. The molecule has 0 fully saturated rings. The Morgan fingerprint density at radius 1 is 0.947 bits per heavy atom. The highest BCUT2D eigenvalue weighted by Gasteiger charge is 2.35. The van der Waals surface area contributed by atoms with E-state index in [0.717, 1.165) is 11.1 Å². The normalized spacial score (nSPS) is 14.4. The predicted molar refractivity (Wildman–Crippen MR) is 149 cm³/mol. The minimum absolute atomic E-state index is 0.308. The van der Waals surface area contributed by atoms with Gasteiger partial charge in [0.25, 0.3) is 11.8 Å². The number of ether oxygens (including phenoxy) is 1. The van der Waals surface area contributed by atoms with E-state index in [1.54, 1.807) is 55.1 Å². The van der Waals surface area contributed by atoms with E-state index in [0.29, 0.717) is 44.8 Å². The molecule has 8 nitrogen and oxygen atoms in total. The molecule has 9 heteroatoms. The summed E-state index contributed by atoms with van der Waals surface area (Å²) in [5, 5.41) is 14.2. The molecule has 0 radical (unpaired) electrons. The van der Waals surface area contributed by atoms with Gasteiger partial charge in [-0.1, -0.05) is 35.9 Å². The van der Waals surface area contributed by atoms with Crippen LogP contribution in [0.2, 0.25) is 5.02 Å². The van der Waals surface area contributed by atoms with Crippen LogP contribution in [-0.2, 0) is 4.79 Å². The highest BCUT2D eigenvalue weighted by Crippen LogP contribution is 2.38. The molecule has 1 aliphatic heterocycles. The molecule has 0 saturated heterocycles. The SMILES string of the molecule is COc1ccc(NC(=O)C2=C(C)Nc3c(C(=O)Nc4cccc(C)c4)cnn3[C@@H]2c2cccc(Cl)c2)cc1. The second-order valence-electron chi connectivity index (χ2n) is 8.98. The number of halogens is 1. The molecular weight excluding hydrogens is 502 g/mol. The number of fused-ring (bicyclic) bond motifs is 1. The summed E-state index contributed by atoms with van der Waals surface area (Å²) < 4.78 is 6.85. The monoisotopic (exact) mass is 527 g/mol. The molecular formula is C29H26ClN5O3. The lowest BCUT2D eigenvalue weighted by Gasteiger charge is -2.30. The highest BCUT2D eigenvalue weighted by molar-refractivity contribution is 6.30. The molecule has 1 aromatic heterocycles. The maximum absolute atomic E-state index is 13.6. The zero-order chi connectivity index (χ0) is 26.8. The summed E-state index contributed by atoms with van der Waals surface area (Å²) in [5.74, 6) is 0.552. The number of amides is 2. The number of carbonyl (C=O) groups excluding carboxylic acids is 2. The Labute approximate surface area is 225 Å². The van der Waals surface area contributed by atoms with Gasteiger partial charge in [0, 0.05) is 22.1 Å². The molecule has 3 aromatic carbocycles. The van der Waals surface area contributed by atoms with Crippen molar-refractivity contribution >= 4 is 40.6 Å². The fraction of sp³-hybridized carbons (Fsp3) is 0.138. The van der Waals surface area contributed by atoms with Crippen molar-refractivity contribution in [3.63, 3.8) is 0 Å². The van der Waals surface area contributed by atoms with Gasteiger partial charge >= 0.3 is 0 Å². The molecule has 0 bridgehead atoms. The first-order valence-electron chi connectivity index (χ1n) is 12.0. The zero-order valence-electron chi connectivity index (χ0n) is 21.1. The molecule has 192 valence electrons. The average molecular weight is 528 g/mol. The highest BCUT2D eigenvalue weighted by atomic mass is 35.5. The number of benzene rings is 3. The summed E-state index contributed by atoms with van der Waals surface area (Å²) in [6.45, 7) is 3.76. The van der Waals surface area contributed by atoms with Crippen molar-refractivity contribution in [1.29, 1.82) is 0 Å². The number of nitrogens with one attached hydrogen (secondary N) is 3. The van der Waals surface area contributed by atoms with Crippen LogP contribution < -0.4 is 20.7 Å². The van der Waals surface area contributed by atoms with Crippen LogP contribution in [0, 0.1) is 6.92 Å². The zero-order valence-corrected chi connectivity index (χ0v) is 21.8. The standard InChI is InChI=1S/C29H26ClN5O3/c1-17-6-4-9-22(14-17)34-28(36)24-16-31-35-26(19-7-5-8-20(30)15-19)25(18(2)32-27(24)35)29(37)33-21-10-12-23(38-3)13-11-21/h4-16,26,32H,1-3H3,(H,33,37)(H,34,36)/t26-/m1/s1. The third-order valence-electron chi connectivity index (χ3n) is 6.30. The molecule has 1 atom stereocenters. The van der Waals surface area contributed by atoms with E-state index < -0.39 is 6.04 Å². The summed E-state index contributed by atoms with van der Waals surface area (Å²) in [6.07, 6.45) is 1.50. The molecule has 1 aliphatic rings. The van der Waals surface area contributed by atoms with Gasteiger partial charge in [0.15, 0.2) is 0 Å². The van der Waals surface area contributed by atoms with Crippen molar-refractivity contribution in [3.8, 4) is 5.75 Å². The topological polar surface area (TPSA) is 97.3 Å². The summed E-state index contributed by atoms with van der Waals surface area (Å²) in [5.41, 5.74) is 4.49. The van der Waals surface area contributed by atoms with E-state index in [4.69, 9.17) is 16.3 Å². The second kappa shape index (κ2) is 10.4. The number of carbonyl (C=O) groups is 2. The largest absolute Gasteiger partial charge is 0.497 e. The molecule has 2 amide bonds. The molecule has 3 N–H and O–H groups in total. The minimum atomic E-state index is -0.622. The van der Waals surface area contributed by atoms with Crippen LogP contribution in [0.5, 0.6) is 5.75 Å². The Morgan fingerprint density at radius 3 is 2.39 bits per heavy atom. The number of aromatic nitrogens is 2. The maximum Gasteiger partial charge on any atom is 0.261 e. The van der Waals surface area contributed by atoms with Gasteiger partial charge in [0.05, 0.1) is 18.9 Å². The molecule has 0 unspecified atom stereocenters. The molecule has 0 aliphatic carbocycles. The fourth-order valence-electron chi connectivity index (χ4n) is 4.49. The Balaban J connectivity index is 1.52. The van der Waals surface area contributed by atoms with E-state index in [2.05, 4.69) is 21.0 Å². The number of aryl methyl sites for hydroxylation is 1. The molecule has 2 heterocycles. The van der Waals surface area contributed by atoms with Crippen molar-refractivity contribution in [2.75, 3.05) is 23.1 Å². The van der Waals surface area contributed by atoms with Crippen LogP contribution in [-0.4, -0.2) is 28.7 Å². The Morgan fingerprint density at radius 2 is 1.68 bits per heavy atom. The minimum Gasteiger partial charge on any atom is -0.497 e. The van der Waals surface area contributed by atoms with Gasteiger partial charge in [-0.3, -0.25) is 9.59 Å². The number of nitrogens with zero attached hydrogens (tertiary/aromatic N) is 2. The van der Waals surface area contributed by atoms with Gasteiger partial charge in [-0.05, 0) is 73.5 Å². The maximum atomic E-state index is 13.6. The van der Waals surface area contributed by atoms with Crippen molar-refractivity contribution in [2.45, 2.75) is 19.9 Å². The summed E-state index contributed by atoms with van der Waals surface area (Å²) in [6, 6.07) is 21.3. The summed E-state index contributed by atoms with van der Waals surface area (Å²) in [7, 11) is 1.59. The Bertz CT molecular complexity index is 1560. The van der Waals surface area contributed by atoms with Gasteiger partial charge < -0.3 is 20.7 Å². The van der Waals surface area contributed by atoms with E-state index in [9.17, 15) is 9.59 Å². The lowest BCUT2D eigenvalue weighted by molar-refractivity contribution is -0.113. The van der Waals surface area contributed by atoms with Crippen molar-refractivity contribution in [3.05, 3.63) is 112 Å². The van der Waals surface area contributed by atoms with Gasteiger partial charge in [0.2, 0.25) is 0 Å². The van der Waals surface area contributed by atoms with E-state index >= 15 is 0 Å². The summed E-state index contributed by atoms with van der Waals surface area (Å²) >= 11 is 6.33. The van der Waals surface area contributed by atoms with Gasteiger partial charge in [0.1, 0.15) is 23.2 Å². The first-order chi connectivity index (χ1) is 18.3. The number of hydrogen-bond acceptors (Lipinski definition) is 5. The first kappa shape index (κ1) is 25.1. The van der Waals surface area contributed by atoms with Crippen LogP contribution in [0.25, 0.3) is 0 Å². The van der Waals surface area contributed by atoms with Gasteiger partial charge in [-0.2, -0.15) is 5.10 Å². The lowest BCUT2D eigenvalue weighted by atomic mass is 9.94. The van der Waals surface area contributed by atoms with Crippen LogP contribution in [0.4, 0.5) is 17.2 Å². The first-order valence-corrected chi connectivity index (χ1v) is 12.4. The molecule has 0 spiro atoms. The van der Waals surface area contributed by atoms with Gasteiger partial charge in [-0.15, -0.1) is 0 Å². The number of anilines is 3. The fourth-order valence-corrected chi connectivity index (χ4v) is 4.69. The Hall–Kier alpha value is -4.56. The van der Waals surface area contributed by atoms with Gasteiger partial charge in [-0.25, -0.2) is 4.68 Å². The Kier molecular flexibility index (Phi) is 6.89. The molecule has 4 aromatic rings. The number of hydrogen-bond donors (Lipinski definition) is 3. The van der Waals surface area contributed by atoms with Crippen molar-refractivity contribution in [2.24, 2.45) is 0 Å². The van der Waals surface area contributed by atoms with Crippen molar-refractivity contribution < 1.29 is 14.3 Å². The van der Waals surface area contributed by atoms with Crippen LogP contribution in [0.3, 0.4) is 0 Å². The summed E-state index contributed by atoms with van der Waals surface area (Å²) in [4.78, 5) is 26.9. The van der Waals surface area contributed by atoms with Crippen molar-refractivity contribution in [1.82, 2.24) is 9.78 Å². The quantitative estimate of drug-likeness (QED) is 0.284. The van der Waals surface area contributed by atoms with Crippen LogP contribution in [0.15, 0.2) is 90.3 Å². The number of rotatable bonds is 6. The molecule has 5 rings (SSSR count). The predicted octanol–water partition coefficient (Wildman–Crippen LogP) is 6.03. The molecule has 0 saturated carbocycles. The third-order valence-corrected chi connectivity index (χ3v) is 6.54. The average Bonchev–Trinajstić information content (AvgIpc) is 3.31. The third kappa shape index (κ3) is 4.99. The number of methoxy groups -OCH3 is 1. The van der Waals surface area contributed by atoms with Crippen LogP contribution in [0.1, 0.15) is 34.5 Å². The van der Waals surface area contributed by atoms with E-state index in [1.807, 2.05) is 43.3 Å². The van der Waals surface area contributed by atoms with E-state index in [1.165, 1.54) is 6.20 Å². The number of allylic oxidation sites excluding steroid dienone is 1. The smallest absolute Gasteiger partial charge is 0.261 e. The van der Waals surface area contributed by atoms with E-state index in [-0.39, 0.29) is 11.8 Å². The van der Waals surface area contributed by atoms with Crippen LogP contribution >= 0.6 is 11.6 Å². The lowest BCUT2D eigenvalue weighted by Crippen LogP contribution is -2.32. The molecule has 38 heavy (non-hydrogen) atoms.